The van der Waals surface area contributed by atoms with Gasteiger partial charge in [-0.3, -0.25) is 9.36 Å². The number of benzene rings is 2. The van der Waals surface area contributed by atoms with E-state index in [1.54, 1.807) is 6.26 Å². The Bertz CT molecular complexity index is 1190. The Morgan fingerprint density at radius 3 is 2.58 bits per heavy atom. The van der Waals surface area contributed by atoms with E-state index in [0.717, 1.165) is 22.6 Å². The number of aromatic nitrogens is 3. The zero-order valence-corrected chi connectivity index (χ0v) is 18.7. The van der Waals surface area contributed by atoms with Crippen LogP contribution in [0.3, 0.4) is 0 Å². The van der Waals surface area contributed by atoms with Crippen molar-refractivity contribution in [3.8, 4) is 17.1 Å². The maximum atomic E-state index is 12.6. The summed E-state index contributed by atoms with van der Waals surface area (Å²) in [6.45, 7) is 3.80. The summed E-state index contributed by atoms with van der Waals surface area (Å²) in [5, 5.41) is 13.0. The van der Waals surface area contributed by atoms with Crippen molar-refractivity contribution in [3.05, 3.63) is 83.3 Å². The third-order valence-corrected chi connectivity index (χ3v) is 6.10. The smallest absolute Gasteiger partial charge is 0.230 e. The van der Waals surface area contributed by atoms with Gasteiger partial charge in [0.2, 0.25) is 5.91 Å². The molecule has 0 aliphatic carbocycles. The van der Waals surface area contributed by atoms with Crippen LogP contribution in [0.1, 0.15) is 24.3 Å². The van der Waals surface area contributed by atoms with Gasteiger partial charge in [-0.15, -0.1) is 10.2 Å². The Morgan fingerprint density at radius 1 is 1.13 bits per heavy atom. The van der Waals surface area contributed by atoms with Crippen LogP contribution in [0.5, 0.6) is 0 Å². The van der Waals surface area contributed by atoms with Gasteiger partial charge in [0.25, 0.3) is 0 Å². The van der Waals surface area contributed by atoms with E-state index in [9.17, 15) is 4.79 Å². The number of furan rings is 1. The van der Waals surface area contributed by atoms with Crippen LogP contribution in [0, 0.1) is 6.92 Å². The van der Waals surface area contributed by atoms with E-state index in [-0.39, 0.29) is 17.7 Å². The number of amides is 1. The van der Waals surface area contributed by atoms with Crippen LogP contribution in [0.25, 0.3) is 17.1 Å². The quantitative estimate of drug-likeness (QED) is 0.377. The predicted octanol–water partition coefficient (Wildman–Crippen LogP) is 5.46. The first kappa shape index (κ1) is 21.2. The van der Waals surface area contributed by atoms with Gasteiger partial charge in [0.05, 0.1) is 23.6 Å². The maximum Gasteiger partial charge on any atom is 0.230 e. The third kappa shape index (κ3) is 4.68. The van der Waals surface area contributed by atoms with Gasteiger partial charge >= 0.3 is 0 Å². The average molecular weight is 453 g/mol. The molecule has 1 atom stereocenters. The van der Waals surface area contributed by atoms with Crippen LogP contribution in [0.2, 0.25) is 5.02 Å². The highest BCUT2D eigenvalue weighted by Crippen LogP contribution is 2.30. The van der Waals surface area contributed by atoms with Crippen molar-refractivity contribution in [1.29, 1.82) is 0 Å². The number of para-hydroxylation sites is 1. The summed E-state index contributed by atoms with van der Waals surface area (Å²) in [5.41, 5.74) is 2.66. The summed E-state index contributed by atoms with van der Waals surface area (Å²) in [5.74, 6) is 1.52. The van der Waals surface area contributed by atoms with E-state index in [2.05, 4.69) is 15.5 Å². The van der Waals surface area contributed by atoms with Gasteiger partial charge in [-0.2, -0.15) is 0 Å². The molecule has 0 bridgehead atoms. The Morgan fingerprint density at radius 2 is 1.87 bits per heavy atom. The first-order valence-electron chi connectivity index (χ1n) is 9.76. The Labute approximate surface area is 189 Å². The molecule has 4 rings (SSSR count). The molecule has 0 saturated carbocycles. The molecule has 8 heteroatoms. The molecule has 2 aromatic carbocycles. The van der Waals surface area contributed by atoms with Crippen LogP contribution >= 0.6 is 23.4 Å². The highest BCUT2D eigenvalue weighted by Gasteiger charge is 2.20. The number of rotatable bonds is 7. The first-order valence-corrected chi connectivity index (χ1v) is 11.1. The summed E-state index contributed by atoms with van der Waals surface area (Å²) < 4.78 is 7.39. The van der Waals surface area contributed by atoms with Crippen LogP contribution in [0.4, 0.5) is 0 Å². The zero-order valence-electron chi connectivity index (χ0n) is 17.1. The largest absolute Gasteiger partial charge is 0.469 e. The van der Waals surface area contributed by atoms with E-state index in [1.807, 2.05) is 79.1 Å². The monoisotopic (exact) mass is 452 g/mol. The minimum atomic E-state index is -0.196. The molecule has 2 aromatic heterocycles. The highest BCUT2D eigenvalue weighted by molar-refractivity contribution is 7.99. The fourth-order valence-corrected chi connectivity index (χ4v) is 4.34. The van der Waals surface area contributed by atoms with E-state index < -0.39 is 0 Å². The molecule has 158 valence electrons. The number of aryl methyl sites for hydroxylation is 1. The van der Waals surface area contributed by atoms with E-state index >= 15 is 0 Å². The van der Waals surface area contributed by atoms with Gasteiger partial charge in [0.15, 0.2) is 11.0 Å². The molecule has 0 aliphatic heterocycles. The van der Waals surface area contributed by atoms with E-state index in [1.165, 1.54) is 11.8 Å². The average Bonchev–Trinajstić information content (AvgIpc) is 3.38. The predicted molar refractivity (Wildman–Crippen MR) is 123 cm³/mol. The second-order valence-electron chi connectivity index (χ2n) is 6.97. The standard InChI is InChI=1S/C23H21ClN4O2S/c1-15(18-10-6-7-11-20(18)24)25-21(29)14-31-23-27-26-22(19-12-13-30-16(19)2)28(23)17-8-4-3-5-9-17/h3-13,15H,14H2,1-2H3,(H,25,29). The van der Waals surface area contributed by atoms with E-state index in [0.29, 0.717) is 16.0 Å². The van der Waals surface area contributed by atoms with Crippen molar-refractivity contribution in [3.63, 3.8) is 0 Å². The normalized spacial score (nSPS) is 12.0. The lowest BCUT2D eigenvalue weighted by atomic mass is 10.1. The Hall–Kier alpha value is -3.03. The second-order valence-corrected chi connectivity index (χ2v) is 8.32. The molecular weight excluding hydrogens is 432 g/mol. The minimum absolute atomic E-state index is 0.110. The summed E-state index contributed by atoms with van der Waals surface area (Å²) >= 11 is 7.57. The van der Waals surface area contributed by atoms with Gasteiger partial charge in [0.1, 0.15) is 5.76 Å². The molecule has 1 unspecified atom stereocenters. The zero-order chi connectivity index (χ0) is 21.8. The molecule has 0 aliphatic rings. The van der Waals surface area contributed by atoms with Gasteiger partial charge in [0, 0.05) is 10.7 Å². The molecule has 0 fully saturated rings. The van der Waals surface area contributed by atoms with Gasteiger partial charge < -0.3 is 9.73 Å². The fraction of sp³-hybridized carbons (Fsp3) is 0.174. The highest BCUT2D eigenvalue weighted by atomic mass is 35.5. The number of hydrogen-bond donors (Lipinski definition) is 1. The second kappa shape index (κ2) is 9.41. The SMILES string of the molecule is Cc1occc1-c1nnc(SCC(=O)NC(C)c2ccccc2Cl)n1-c1ccccc1. The van der Waals surface area contributed by atoms with Crippen molar-refractivity contribution in [1.82, 2.24) is 20.1 Å². The van der Waals surface area contributed by atoms with Crippen LogP contribution in [-0.4, -0.2) is 26.4 Å². The van der Waals surface area contributed by atoms with E-state index in [4.69, 9.17) is 16.0 Å². The van der Waals surface area contributed by atoms with Crippen molar-refractivity contribution >= 4 is 29.3 Å². The molecule has 2 heterocycles. The summed E-state index contributed by atoms with van der Waals surface area (Å²) in [4.78, 5) is 12.6. The molecule has 4 aromatic rings. The van der Waals surface area contributed by atoms with Crippen molar-refractivity contribution in [2.24, 2.45) is 0 Å². The molecule has 0 saturated heterocycles. The summed E-state index contributed by atoms with van der Waals surface area (Å²) in [6.07, 6.45) is 1.63. The maximum absolute atomic E-state index is 12.6. The van der Waals surface area contributed by atoms with Gasteiger partial charge in [-0.05, 0) is 43.7 Å². The lowest BCUT2D eigenvalue weighted by Crippen LogP contribution is -2.28. The molecule has 0 spiro atoms. The molecule has 1 N–H and O–H groups in total. The van der Waals surface area contributed by atoms with Crippen LogP contribution in [-0.2, 0) is 4.79 Å². The lowest BCUT2D eigenvalue weighted by Gasteiger charge is -2.15. The van der Waals surface area contributed by atoms with Crippen LogP contribution < -0.4 is 5.32 Å². The molecule has 0 radical (unpaired) electrons. The van der Waals surface area contributed by atoms with Crippen molar-refractivity contribution in [2.75, 3.05) is 5.75 Å². The number of nitrogens with one attached hydrogen (secondary N) is 1. The van der Waals surface area contributed by atoms with Gasteiger partial charge in [-0.1, -0.05) is 59.8 Å². The number of carbonyl (C=O) groups is 1. The number of hydrogen-bond acceptors (Lipinski definition) is 5. The first-order chi connectivity index (χ1) is 15.0. The fourth-order valence-electron chi connectivity index (χ4n) is 3.28. The number of halogens is 1. The van der Waals surface area contributed by atoms with Crippen molar-refractivity contribution in [2.45, 2.75) is 25.0 Å². The summed E-state index contributed by atoms with van der Waals surface area (Å²) in [7, 11) is 0. The van der Waals surface area contributed by atoms with Crippen LogP contribution in [0.15, 0.2) is 76.5 Å². The molecule has 6 nitrogen and oxygen atoms in total. The number of carbonyl (C=O) groups excluding carboxylic acids is 1. The van der Waals surface area contributed by atoms with Crippen molar-refractivity contribution < 1.29 is 9.21 Å². The molecular formula is C23H21ClN4O2S. The third-order valence-electron chi connectivity index (χ3n) is 4.83. The molecule has 1 amide bonds. The topological polar surface area (TPSA) is 72.9 Å². The molecule has 31 heavy (non-hydrogen) atoms. The lowest BCUT2D eigenvalue weighted by molar-refractivity contribution is -0.119. The number of thioether (sulfide) groups is 1. The Balaban J connectivity index is 1.54. The Kier molecular flexibility index (Phi) is 6.44. The number of nitrogens with zero attached hydrogens (tertiary/aromatic N) is 3. The minimum Gasteiger partial charge on any atom is -0.469 e. The van der Waals surface area contributed by atoms with Gasteiger partial charge in [-0.25, -0.2) is 0 Å². The summed E-state index contributed by atoms with van der Waals surface area (Å²) in [6, 6.07) is 19.0.